The Kier molecular flexibility index (Phi) is 9.95. The third kappa shape index (κ3) is 7.36. The normalized spacial score (nSPS) is 12.1. The summed E-state index contributed by atoms with van der Waals surface area (Å²) in [7, 11) is 0. The van der Waals surface area contributed by atoms with E-state index in [9.17, 15) is 9.59 Å². The van der Waals surface area contributed by atoms with Crippen LogP contribution in [0.4, 0.5) is 0 Å². The first-order chi connectivity index (χ1) is 7.76. The van der Waals surface area contributed by atoms with Crippen molar-refractivity contribution in [2.45, 2.75) is 51.5 Å². The fraction of sp³-hybridized carbons (Fsp3) is 0.818. The van der Waals surface area contributed by atoms with Crippen molar-refractivity contribution in [3.05, 3.63) is 0 Å². The SMILES string of the molecule is CCCC[C@H](NO)C(=O)OCCCCC=O. The molecule has 0 radical (unpaired) electrons. The summed E-state index contributed by atoms with van der Waals surface area (Å²) in [5.74, 6) is -0.429. The van der Waals surface area contributed by atoms with E-state index in [-0.39, 0.29) is 0 Å². The Morgan fingerprint density at radius 2 is 2.19 bits per heavy atom. The molecule has 5 heteroatoms. The van der Waals surface area contributed by atoms with Gasteiger partial charge in [0.1, 0.15) is 12.3 Å². The Bertz CT molecular complexity index is 196. The third-order valence-corrected chi connectivity index (χ3v) is 2.25. The van der Waals surface area contributed by atoms with Crippen molar-refractivity contribution in [3.8, 4) is 0 Å². The number of esters is 1. The van der Waals surface area contributed by atoms with E-state index in [1.54, 1.807) is 0 Å². The van der Waals surface area contributed by atoms with Crippen molar-refractivity contribution in [2.75, 3.05) is 6.61 Å². The first-order valence-electron chi connectivity index (χ1n) is 5.76. The summed E-state index contributed by atoms with van der Waals surface area (Å²) < 4.78 is 4.96. The van der Waals surface area contributed by atoms with E-state index in [2.05, 4.69) is 0 Å². The number of unbranched alkanes of at least 4 members (excludes halogenated alkanes) is 3. The smallest absolute Gasteiger partial charge is 0.325 e. The predicted octanol–water partition coefficient (Wildman–Crippen LogP) is 1.44. The molecule has 0 aliphatic rings. The largest absolute Gasteiger partial charge is 0.464 e. The molecule has 5 nitrogen and oxygen atoms in total. The number of nitrogens with one attached hydrogen (secondary N) is 1. The van der Waals surface area contributed by atoms with Crippen molar-refractivity contribution in [3.63, 3.8) is 0 Å². The van der Waals surface area contributed by atoms with Crippen molar-refractivity contribution in [2.24, 2.45) is 0 Å². The Balaban J connectivity index is 3.62. The zero-order valence-corrected chi connectivity index (χ0v) is 9.78. The van der Waals surface area contributed by atoms with Gasteiger partial charge in [-0.1, -0.05) is 19.8 Å². The van der Waals surface area contributed by atoms with Gasteiger partial charge < -0.3 is 14.7 Å². The quantitative estimate of drug-likeness (QED) is 0.257. The summed E-state index contributed by atoms with van der Waals surface area (Å²) in [6.07, 6.45) is 5.14. The third-order valence-electron chi connectivity index (χ3n) is 2.25. The zero-order chi connectivity index (χ0) is 12.2. The number of hydrogen-bond donors (Lipinski definition) is 2. The number of aldehydes is 1. The fourth-order valence-corrected chi connectivity index (χ4v) is 1.25. The van der Waals surface area contributed by atoms with Gasteiger partial charge in [0.2, 0.25) is 0 Å². The maximum atomic E-state index is 11.4. The van der Waals surface area contributed by atoms with Gasteiger partial charge >= 0.3 is 5.97 Å². The number of hydrogen-bond acceptors (Lipinski definition) is 5. The highest BCUT2D eigenvalue weighted by molar-refractivity contribution is 5.75. The maximum Gasteiger partial charge on any atom is 0.325 e. The van der Waals surface area contributed by atoms with Gasteiger partial charge in [0.05, 0.1) is 6.61 Å². The van der Waals surface area contributed by atoms with Crippen LogP contribution in [0.3, 0.4) is 0 Å². The van der Waals surface area contributed by atoms with Crippen LogP contribution in [0.15, 0.2) is 0 Å². The molecule has 1 atom stereocenters. The fourth-order valence-electron chi connectivity index (χ4n) is 1.25. The Morgan fingerprint density at radius 3 is 2.75 bits per heavy atom. The van der Waals surface area contributed by atoms with Crippen molar-refractivity contribution in [1.82, 2.24) is 5.48 Å². The number of hydroxylamine groups is 1. The molecule has 0 rings (SSSR count). The number of carbonyl (C=O) groups excluding carboxylic acids is 2. The molecule has 0 spiro atoms. The van der Waals surface area contributed by atoms with E-state index >= 15 is 0 Å². The number of rotatable bonds is 10. The molecule has 16 heavy (non-hydrogen) atoms. The lowest BCUT2D eigenvalue weighted by Gasteiger charge is -2.13. The van der Waals surface area contributed by atoms with E-state index in [4.69, 9.17) is 9.94 Å². The minimum absolute atomic E-state index is 0.303. The van der Waals surface area contributed by atoms with Gasteiger partial charge in [-0.15, -0.1) is 0 Å². The minimum atomic E-state index is -0.633. The van der Waals surface area contributed by atoms with Crippen LogP contribution < -0.4 is 5.48 Å². The molecule has 0 fully saturated rings. The van der Waals surface area contributed by atoms with Gasteiger partial charge in [-0.3, -0.25) is 4.79 Å². The van der Waals surface area contributed by atoms with E-state index in [0.717, 1.165) is 25.5 Å². The Hall–Kier alpha value is -0.940. The summed E-state index contributed by atoms with van der Waals surface area (Å²) in [5, 5.41) is 8.77. The van der Waals surface area contributed by atoms with Crippen LogP contribution >= 0.6 is 0 Å². The molecule has 0 unspecified atom stereocenters. The van der Waals surface area contributed by atoms with Gasteiger partial charge in [0.25, 0.3) is 0 Å². The lowest BCUT2D eigenvalue weighted by Crippen LogP contribution is -2.36. The summed E-state index contributed by atoms with van der Waals surface area (Å²) in [5.41, 5.74) is 1.96. The zero-order valence-electron chi connectivity index (χ0n) is 9.78. The van der Waals surface area contributed by atoms with Crippen LogP contribution in [0.25, 0.3) is 0 Å². The topological polar surface area (TPSA) is 75.6 Å². The second-order valence-corrected chi connectivity index (χ2v) is 3.65. The van der Waals surface area contributed by atoms with E-state index in [1.807, 2.05) is 12.4 Å². The number of ether oxygens (including phenoxy) is 1. The maximum absolute atomic E-state index is 11.4. The summed E-state index contributed by atoms with van der Waals surface area (Å²) in [4.78, 5) is 21.4. The molecule has 0 amide bonds. The van der Waals surface area contributed by atoms with Crippen molar-refractivity contribution in [1.29, 1.82) is 0 Å². The lowest BCUT2D eigenvalue weighted by molar-refractivity contribution is -0.149. The molecule has 0 bridgehead atoms. The van der Waals surface area contributed by atoms with E-state index < -0.39 is 12.0 Å². The van der Waals surface area contributed by atoms with Gasteiger partial charge in [-0.25, -0.2) is 0 Å². The molecule has 0 aliphatic heterocycles. The molecule has 0 heterocycles. The van der Waals surface area contributed by atoms with E-state index in [1.165, 1.54) is 0 Å². The summed E-state index contributed by atoms with van der Waals surface area (Å²) in [6, 6.07) is -0.633. The molecular formula is C11H21NO4. The molecule has 94 valence electrons. The van der Waals surface area contributed by atoms with Gasteiger partial charge in [-0.2, -0.15) is 5.48 Å². The van der Waals surface area contributed by atoms with E-state index in [0.29, 0.717) is 25.9 Å². The first kappa shape index (κ1) is 15.1. The van der Waals surface area contributed by atoms with Crippen LogP contribution in [-0.2, 0) is 14.3 Å². The molecule has 0 saturated carbocycles. The molecule has 0 aliphatic carbocycles. The molecule has 0 saturated heterocycles. The van der Waals surface area contributed by atoms with Crippen molar-refractivity contribution < 1.29 is 19.5 Å². The van der Waals surface area contributed by atoms with Gasteiger partial charge in [0, 0.05) is 6.42 Å². The van der Waals surface area contributed by atoms with Crippen LogP contribution in [0.2, 0.25) is 0 Å². The molecular weight excluding hydrogens is 210 g/mol. The Morgan fingerprint density at radius 1 is 1.44 bits per heavy atom. The minimum Gasteiger partial charge on any atom is -0.464 e. The van der Waals surface area contributed by atoms with Crippen LogP contribution in [-0.4, -0.2) is 30.1 Å². The second kappa shape index (κ2) is 10.6. The standard InChI is InChI=1S/C11H21NO4/c1-2-3-7-10(12-15)11(14)16-9-6-4-5-8-13/h8,10,12,15H,2-7,9H2,1H3/t10-/m0/s1. The van der Waals surface area contributed by atoms with Gasteiger partial charge in [-0.05, 0) is 19.3 Å². The highest BCUT2D eigenvalue weighted by Gasteiger charge is 2.17. The van der Waals surface area contributed by atoms with Crippen molar-refractivity contribution >= 4 is 12.3 Å². The summed E-state index contributed by atoms with van der Waals surface area (Å²) >= 11 is 0. The monoisotopic (exact) mass is 231 g/mol. The molecule has 2 N–H and O–H groups in total. The average molecular weight is 231 g/mol. The number of carbonyl (C=O) groups is 2. The molecule has 0 aromatic heterocycles. The second-order valence-electron chi connectivity index (χ2n) is 3.65. The van der Waals surface area contributed by atoms with Crippen LogP contribution in [0.1, 0.15) is 45.4 Å². The average Bonchev–Trinajstić information content (AvgIpc) is 2.30. The van der Waals surface area contributed by atoms with Crippen LogP contribution in [0.5, 0.6) is 0 Å². The molecule has 0 aromatic rings. The lowest BCUT2D eigenvalue weighted by atomic mass is 10.1. The van der Waals surface area contributed by atoms with Gasteiger partial charge in [0.15, 0.2) is 0 Å². The van der Waals surface area contributed by atoms with Crippen LogP contribution in [0, 0.1) is 0 Å². The summed E-state index contributed by atoms with van der Waals surface area (Å²) in [6.45, 7) is 2.32. The Labute approximate surface area is 96.1 Å². The highest BCUT2D eigenvalue weighted by Crippen LogP contribution is 2.03. The predicted molar refractivity (Wildman–Crippen MR) is 59.1 cm³/mol. The molecule has 0 aromatic carbocycles. The first-order valence-corrected chi connectivity index (χ1v) is 5.76. The highest BCUT2D eigenvalue weighted by atomic mass is 16.5.